The number of hydrogen-bond acceptors (Lipinski definition) is 6. The van der Waals surface area contributed by atoms with Crippen molar-refractivity contribution in [1.29, 1.82) is 0 Å². The van der Waals surface area contributed by atoms with E-state index >= 15 is 0 Å². The number of amides is 1. The van der Waals surface area contributed by atoms with E-state index in [0.717, 1.165) is 0 Å². The molecule has 1 unspecified atom stereocenters. The number of nitrogens with two attached hydrogens (primary N) is 1. The number of ether oxygens (including phenoxy) is 1. The topological polar surface area (TPSA) is 93.4 Å². The van der Waals surface area contributed by atoms with Crippen LogP contribution in [-0.4, -0.2) is 48.7 Å². The highest BCUT2D eigenvalue weighted by atomic mass is 16.5. The molecular weight excluding hydrogens is 258 g/mol. The van der Waals surface area contributed by atoms with Crippen LogP contribution in [-0.2, 0) is 9.53 Å². The van der Waals surface area contributed by atoms with Crippen molar-refractivity contribution in [2.24, 2.45) is 0 Å². The molecule has 1 amide bonds. The van der Waals surface area contributed by atoms with Gasteiger partial charge in [0.05, 0.1) is 13.2 Å². The molecule has 0 saturated carbocycles. The number of likely N-dealkylation sites (N-methyl/N-ethyl adjacent to an activating group) is 1. The standard InChI is InChI=1S/C13H21N5O2/c1-8(2)12-16-10(14)6-11(17-12)18-4-5-20-7-9(18)13(19)15-3/h6,8-9H,4-5,7H2,1-3H3,(H,15,19)(H2,14,16,17). The maximum absolute atomic E-state index is 11.9. The number of rotatable bonds is 3. The summed E-state index contributed by atoms with van der Waals surface area (Å²) in [6.07, 6.45) is 0. The third kappa shape index (κ3) is 2.98. The van der Waals surface area contributed by atoms with Crippen molar-refractivity contribution in [3.63, 3.8) is 0 Å². The molecule has 1 fully saturated rings. The molecule has 0 bridgehead atoms. The number of carbonyl (C=O) groups excluding carboxylic acids is 1. The van der Waals surface area contributed by atoms with Crippen molar-refractivity contribution in [1.82, 2.24) is 15.3 Å². The Balaban J connectivity index is 2.34. The van der Waals surface area contributed by atoms with Crippen LogP contribution < -0.4 is 16.0 Å². The van der Waals surface area contributed by atoms with Crippen LogP contribution in [0.1, 0.15) is 25.6 Å². The molecule has 7 nitrogen and oxygen atoms in total. The summed E-state index contributed by atoms with van der Waals surface area (Å²) in [5, 5.41) is 2.65. The zero-order valence-corrected chi connectivity index (χ0v) is 12.1. The summed E-state index contributed by atoms with van der Waals surface area (Å²) in [6, 6.07) is 1.32. The maximum atomic E-state index is 11.9. The molecule has 0 aromatic carbocycles. The molecule has 110 valence electrons. The van der Waals surface area contributed by atoms with Gasteiger partial charge in [-0.05, 0) is 0 Å². The van der Waals surface area contributed by atoms with E-state index in [1.807, 2.05) is 18.7 Å². The molecule has 7 heteroatoms. The van der Waals surface area contributed by atoms with E-state index in [-0.39, 0.29) is 17.9 Å². The molecule has 20 heavy (non-hydrogen) atoms. The van der Waals surface area contributed by atoms with Gasteiger partial charge in [-0.2, -0.15) is 0 Å². The highest BCUT2D eigenvalue weighted by Crippen LogP contribution is 2.22. The summed E-state index contributed by atoms with van der Waals surface area (Å²) in [7, 11) is 1.61. The second kappa shape index (κ2) is 6.04. The third-order valence-corrected chi connectivity index (χ3v) is 3.24. The zero-order chi connectivity index (χ0) is 14.7. The van der Waals surface area contributed by atoms with Crippen molar-refractivity contribution in [2.75, 3.05) is 37.4 Å². The van der Waals surface area contributed by atoms with E-state index in [4.69, 9.17) is 10.5 Å². The van der Waals surface area contributed by atoms with Gasteiger partial charge in [-0.1, -0.05) is 13.8 Å². The molecule has 2 rings (SSSR count). The molecular formula is C13H21N5O2. The van der Waals surface area contributed by atoms with Gasteiger partial charge < -0.3 is 20.7 Å². The Morgan fingerprint density at radius 1 is 1.55 bits per heavy atom. The molecule has 2 heterocycles. The molecule has 0 aliphatic carbocycles. The Morgan fingerprint density at radius 3 is 2.95 bits per heavy atom. The summed E-state index contributed by atoms with van der Waals surface area (Å²) in [5.74, 6) is 1.87. The molecule has 1 aromatic heterocycles. The van der Waals surface area contributed by atoms with E-state index in [9.17, 15) is 4.79 Å². The quantitative estimate of drug-likeness (QED) is 0.817. The fourth-order valence-electron chi connectivity index (χ4n) is 2.14. The Kier molecular flexibility index (Phi) is 4.39. The minimum absolute atomic E-state index is 0.0898. The number of aromatic nitrogens is 2. The van der Waals surface area contributed by atoms with E-state index in [1.54, 1.807) is 13.1 Å². The van der Waals surface area contributed by atoms with Gasteiger partial charge in [0.1, 0.15) is 23.5 Å². The largest absolute Gasteiger partial charge is 0.384 e. The average Bonchev–Trinajstić information content (AvgIpc) is 2.45. The number of anilines is 2. The second-order valence-corrected chi connectivity index (χ2v) is 5.06. The first-order valence-corrected chi connectivity index (χ1v) is 6.73. The number of carbonyl (C=O) groups is 1. The van der Waals surface area contributed by atoms with Crippen LogP contribution in [0.25, 0.3) is 0 Å². The van der Waals surface area contributed by atoms with Crippen LogP contribution in [0.3, 0.4) is 0 Å². The number of morpholine rings is 1. The van der Waals surface area contributed by atoms with Crippen LogP contribution in [0.5, 0.6) is 0 Å². The lowest BCUT2D eigenvalue weighted by Gasteiger charge is -2.35. The van der Waals surface area contributed by atoms with Gasteiger partial charge >= 0.3 is 0 Å². The Morgan fingerprint density at radius 2 is 2.30 bits per heavy atom. The second-order valence-electron chi connectivity index (χ2n) is 5.06. The number of nitrogens with one attached hydrogen (secondary N) is 1. The predicted octanol–water partition coefficient (Wildman–Crippen LogP) is 0.133. The number of hydrogen-bond donors (Lipinski definition) is 2. The first kappa shape index (κ1) is 14.5. The summed E-state index contributed by atoms with van der Waals surface area (Å²) < 4.78 is 5.39. The SMILES string of the molecule is CNC(=O)C1COCCN1c1cc(N)nc(C(C)C)n1. The Bertz CT molecular complexity index is 492. The number of nitrogens with zero attached hydrogens (tertiary/aromatic N) is 3. The van der Waals surface area contributed by atoms with Crippen LogP contribution in [0.2, 0.25) is 0 Å². The van der Waals surface area contributed by atoms with Gasteiger partial charge in [0.15, 0.2) is 0 Å². The Labute approximate surface area is 118 Å². The highest BCUT2D eigenvalue weighted by Gasteiger charge is 2.30. The predicted molar refractivity (Wildman–Crippen MR) is 76.6 cm³/mol. The summed E-state index contributed by atoms with van der Waals surface area (Å²) in [6.45, 7) is 5.53. The molecule has 0 spiro atoms. The molecule has 1 aromatic rings. The Hall–Kier alpha value is -1.89. The van der Waals surface area contributed by atoms with Crippen LogP contribution >= 0.6 is 0 Å². The molecule has 1 aliphatic rings. The molecule has 0 radical (unpaired) electrons. The van der Waals surface area contributed by atoms with Gasteiger partial charge in [0.25, 0.3) is 0 Å². The first-order chi connectivity index (χ1) is 9.52. The van der Waals surface area contributed by atoms with Crippen molar-refractivity contribution in [3.05, 3.63) is 11.9 Å². The highest BCUT2D eigenvalue weighted by molar-refractivity contribution is 5.85. The van der Waals surface area contributed by atoms with E-state index in [0.29, 0.717) is 37.2 Å². The van der Waals surface area contributed by atoms with Crippen LogP contribution in [0, 0.1) is 0 Å². The van der Waals surface area contributed by atoms with Crippen molar-refractivity contribution in [2.45, 2.75) is 25.8 Å². The fraction of sp³-hybridized carbons (Fsp3) is 0.615. The fourth-order valence-corrected chi connectivity index (χ4v) is 2.14. The van der Waals surface area contributed by atoms with E-state index < -0.39 is 0 Å². The monoisotopic (exact) mass is 279 g/mol. The van der Waals surface area contributed by atoms with Gasteiger partial charge in [-0.3, -0.25) is 4.79 Å². The van der Waals surface area contributed by atoms with E-state index in [1.165, 1.54) is 0 Å². The van der Waals surface area contributed by atoms with Crippen molar-refractivity contribution < 1.29 is 9.53 Å². The lowest BCUT2D eigenvalue weighted by atomic mass is 10.2. The minimum atomic E-state index is -0.386. The zero-order valence-electron chi connectivity index (χ0n) is 12.1. The molecule has 1 atom stereocenters. The molecule has 1 saturated heterocycles. The lowest BCUT2D eigenvalue weighted by Crippen LogP contribution is -2.53. The molecule has 3 N–H and O–H groups in total. The van der Waals surface area contributed by atoms with Crippen molar-refractivity contribution in [3.8, 4) is 0 Å². The summed E-state index contributed by atoms with van der Waals surface area (Å²) in [5.41, 5.74) is 5.85. The van der Waals surface area contributed by atoms with Gasteiger partial charge in [0.2, 0.25) is 5.91 Å². The van der Waals surface area contributed by atoms with Gasteiger partial charge in [-0.15, -0.1) is 0 Å². The smallest absolute Gasteiger partial charge is 0.244 e. The van der Waals surface area contributed by atoms with Crippen LogP contribution in [0.15, 0.2) is 6.07 Å². The van der Waals surface area contributed by atoms with Crippen LogP contribution in [0.4, 0.5) is 11.6 Å². The molecule has 1 aliphatic heterocycles. The van der Waals surface area contributed by atoms with Crippen molar-refractivity contribution >= 4 is 17.5 Å². The number of nitrogen functional groups attached to an aromatic ring is 1. The first-order valence-electron chi connectivity index (χ1n) is 6.73. The average molecular weight is 279 g/mol. The maximum Gasteiger partial charge on any atom is 0.244 e. The van der Waals surface area contributed by atoms with Gasteiger partial charge in [0, 0.05) is 25.6 Å². The van der Waals surface area contributed by atoms with E-state index in [2.05, 4.69) is 15.3 Å². The summed E-state index contributed by atoms with van der Waals surface area (Å²) in [4.78, 5) is 22.6. The van der Waals surface area contributed by atoms with Gasteiger partial charge in [-0.25, -0.2) is 9.97 Å². The normalized spacial score (nSPS) is 19.2. The summed E-state index contributed by atoms with van der Waals surface area (Å²) >= 11 is 0. The lowest BCUT2D eigenvalue weighted by molar-refractivity contribution is -0.124. The third-order valence-electron chi connectivity index (χ3n) is 3.24. The minimum Gasteiger partial charge on any atom is -0.384 e.